The summed E-state index contributed by atoms with van der Waals surface area (Å²) in [5, 5.41) is 20.5. The van der Waals surface area contributed by atoms with Crippen LogP contribution in [0.5, 0.6) is 11.5 Å². The van der Waals surface area contributed by atoms with Crippen LogP contribution in [0.15, 0.2) is 46.9 Å². The van der Waals surface area contributed by atoms with Crippen molar-refractivity contribution in [2.75, 3.05) is 6.61 Å². The number of aliphatic hydroxyl groups excluding tert-OH is 1. The number of fused-ring (bicyclic) bond motifs is 1. The standard InChI is InChI=1S/C15H12BrNO3S/c16-9-4-3-6-11(18)14(9)20-8-12(19)15-17-10-5-1-2-7-13(10)21-15/h1-7,12,18-19H,8H2. The van der Waals surface area contributed by atoms with Crippen molar-refractivity contribution in [1.82, 2.24) is 4.98 Å². The summed E-state index contributed by atoms with van der Waals surface area (Å²) in [6.45, 7) is 0.0238. The largest absolute Gasteiger partial charge is 0.504 e. The van der Waals surface area contributed by atoms with E-state index in [0.717, 1.165) is 10.2 Å². The molecule has 1 aromatic heterocycles. The van der Waals surface area contributed by atoms with Gasteiger partial charge in [0.2, 0.25) is 0 Å². The molecule has 0 saturated carbocycles. The van der Waals surface area contributed by atoms with Gasteiger partial charge in [-0.1, -0.05) is 18.2 Å². The predicted molar refractivity (Wildman–Crippen MR) is 85.9 cm³/mol. The van der Waals surface area contributed by atoms with Crippen LogP contribution in [0, 0.1) is 0 Å². The molecule has 0 aliphatic rings. The van der Waals surface area contributed by atoms with Crippen LogP contribution in [0.1, 0.15) is 11.1 Å². The molecule has 0 amide bonds. The fourth-order valence-corrected chi connectivity index (χ4v) is 3.31. The monoisotopic (exact) mass is 365 g/mol. The van der Waals surface area contributed by atoms with Gasteiger partial charge >= 0.3 is 0 Å². The summed E-state index contributed by atoms with van der Waals surface area (Å²) < 4.78 is 7.16. The topological polar surface area (TPSA) is 62.6 Å². The molecule has 0 bridgehead atoms. The zero-order valence-corrected chi connectivity index (χ0v) is 13.3. The number of rotatable bonds is 4. The first kappa shape index (κ1) is 14.3. The molecule has 2 aromatic carbocycles. The van der Waals surface area contributed by atoms with Crippen LogP contribution in [-0.4, -0.2) is 21.8 Å². The minimum Gasteiger partial charge on any atom is -0.504 e. The Bertz CT molecular complexity index is 721. The van der Waals surface area contributed by atoms with E-state index in [1.165, 1.54) is 17.4 Å². The summed E-state index contributed by atoms with van der Waals surface area (Å²) in [7, 11) is 0. The number of ether oxygens (including phenoxy) is 1. The number of para-hydroxylation sites is 2. The quantitative estimate of drug-likeness (QED) is 0.736. The molecule has 6 heteroatoms. The van der Waals surface area contributed by atoms with Gasteiger partial charge in [0.15, 0.2) is 11.5 Å². The van der Waals surface area contributed by atoms with Crippen molar-refractivity contribution in [3.8, 4) is 11.5 Å². The van der Waals surface area contributed by atoms with Gasteiger partial charge in [0, 0.05) is 0 Å². The number of aromatic nitrogens is 1. The molecule has 0 aliphatic carbocycles. The van der Waals surface area contributed by atoms with Crippen molar-refractivity contribution in [2.24, 2.45) is 0 Å². The molecule has 2 N–H and O–H groups in total. The van der Waals surface area contributed by atoms with Gasteiger partial charge in [-0.2, -0.15) is 0 Å². The lowest BCUT2D eigenvalue weighted by Gasteiger charge is -2.12. The van der Waals surface area contributed by atoms with Crippen molar-refractivity contribution >= 4 is 37.5 Å². The lowest BCUT2D eigenvalue weighted by molar-refractivity contribution is 0.106. The van der Waals surface area contributed by atoms with E-state index in [9.17, 15) is 10.2 Å². The number of aromatic hydroxyl groups is 1. The van der Waals surface area contributed by atoms with E-state index in [2.05, 4.69) is 20.9 Å². The number of benzene rings is 2. The van der Waals surface area contributed by atoms with Crippen molar-refractivity contribution in [3.63, 3.8) is 0 Å². The molecule has 0 saturated heterocycles. The Hall–Kier alpha value is -1.63. The van der Waals surface area contributed by atoms with Crippen LogP contribution in [0.4, 0.5) is 0 Å². The number of thiazole rings is 1. The zero-order chi connectivity index (χ0) is 14.8. The lowest BCUT2D eigenvalue weighted by Crippen LogP contribution is -2.09. The summed E-state index contributed by atoms with van der Waals surface area (Å²) in [6.07, 6.45) is -0.839. The maximum Gasteiger partial charge on any atom is 0.175 e. The summed E-state index contributed by atoms with van der Waals surface area (Å²) >= 11 is 4.74. The van der Waals surface area contributed by atoms with Gasteiger partial charge in [0.1, 0.15) is 17.7 Å². The van der Waals surface area contributed by atoms with Crippen LogP contribution in [0.2, 0.25) is 0 Å². The molecule has 3 aromatic rings. The van der Waals surface area contributed by atoms with Gasteiger partial charge in [-0.25, -0.2) is 4.98 Å². The minimum absolute atomic E-state index is 0.0238. The third-order valence-electron chi connectivity index (χ3n) is 2.93. The molecule has 0 radical (unpaired) electrons. The molecular weight excluding hydrogens is 354 g/mol. The highest BCUT2D eigenvalue weighted by molar-refractivity contribution is 9.10. The second-order valence-corrected chi connectivity index (χ2v) is 6.35. The predicted octanol–water partition coefficient (Wildman–Crippen LogP) is 3.88. The third-order valence-corrected chi connectivity index (χ3v) is 4.69. The van der Waals surface area contributed by atoms with Crippen molar-refractivity contribution < 1.29 is 14.9 Å². The molecule has 21 heavy (non-hydrogen) atoms. The van der Waals surface area contributed by atoms with Gasteiger partial charge in [0.05, 0.1) is 14.7 Å². The normalized spacial score (nSPS) is 12.5. The van der Waals surface area contributed by atoms with E-state index < -0.39 is 6.10 Å². The number of nitrogens with zero attached hydrogens (tertiary/aromatic N) is 1. The smallest absolute Gasteiger partial charge is 0.175 e. The first-order valence-electron chi connectivity index (χ1n) is 6.29. The Morgan fingerprint density at radius 3 is 2.76 bits per heavy atom. The maximum atomic E-state index is 10.2. The van der Waals surface area contributed by atoms with E-state index >= 15 is 0 Å². The molecular formula is C15H12BrNO3S. The number of aliphatic hydroxyl groups is 1. The average molecular weight is 366 g/mol. The Labute approximate surface area is 133 Å². The summed E-state index contributed by atoms with van der Waals surface area (Å²) in [5.74, 6) is 0.346. The Morgan fingerprint density at radius 2 is 2.00 bits per heavy atom. The Kier molecular flexibility index (Phi) is 4.10. The Balaban J connectivity index is 1.75. The molecule has 0 aliphatic heterocycles. The van der Waals surface area contributed by atoms with Crippen LogP contribution >= 0.6 is 27.3 Å². The Morgan fingerprint density at radius 1 is 1.19 bits per heavy atom. The summed E-state index contributed by atoms with van der Waals surface area (Å²) in [6, 6.07) is 12.7. The maximum absolute atomic E-state index is 10.2. The van der Waals surface area contributed by atoms with Gasteiger partial charge in [-0.3, -0.25) is 0 Å². The molecule has 1 heterocycles. The SMILES string of the molecule is Oc1cccc(Br)c1OCC(O)c1nc2ccccc2s1. The van der Waals surface area contributed by atoms with Crippen LogP contribution in [0.3, 0.4) is 0 Å². The van der Waals surface area contributed by atoms with Gasteiger partial charge in [0.25, 0.3) is 0 Å². The number of hydrogen-bond donors (Lipinski definition) is 2. The van der Waals surface area contributed by atoms with E-state index in [1.54, 1.807) is 12.1 Å². The van der Waals surface area contributed by atoms with Crippen LogP contribution in [0.25, 0.3) is 10.2 Å². The van der Waals surface area contributed by atoms with Gasteiger partial charge < -0.3 is 14.9 Å². The van der Waals surface area contributed by atoms with E-state index in [0.29, 0.717) is 15.2 Å². The van der Waals surface area contributed by atoms with Crippen molar-refractivity contribution in [3.05, 3.63) is 51.9 Å². The van der Waals surface area contributed by atoms with Gasteiger partial charge in [-0.15, -0.1) is 11.3 Å². The number of halogens is 1. The number of phenolic OH excluding ortho intramolecular Hbond substituents is 1. The molecule has 1 atom stereocenters. The van der Waals surface area contributed by atoms with Gasteiger partial charge in [-0.05, 0) is 40.2 Å². The zero-order valence-electron chi connectivity index (χ0n) is 10.9. The molecule has 1 unspecified atom stereocenters. The average Bonchev–Trinajstić information content (AvgIpc) is 2.90. The van der Waals surface area contributed by atoms with Crippen molar-refractivity contribution in [2.45, 2.75) is 6.10 Å². The highest BCUT2D eigenvalue weighted by Crippen LogP contribution is 2.35. The number of hydrogen-bond acceptors (Lipinski definition) is 5. The second-order valence-electron chi connectivity index (χ2n) is 4.43. The second kappa shape index (κ2) is 6.01. The fraction of sp³-hybridized carbons (Fsp3) is 0.133. The lowest BCUT2D eigenvalue weighted by atomic mass is 10.3. The highest BCUT2D eigenvalue weighted by Gasteiger charge is 2.16. The first-order valence-corrected chi connectivity index (χ1v) is 7.90. The fourth-order valence-electron chi connectivity index (χ4n) is 1.91. The molecule has 4 nitrogen and oxygen atoms in total. The molecule has 3 rings (SSSR count). The molecule has 0 spiro atoms. The van der Waals surface area contributed by atoms with Crippen molar-refractivity contribution in [1.29, 1.82) is 0 Å². The van der Waals surface area contributed by atoms with E-state index in [-0.39, 0.29) is 12.4 Å². The third kappa shape index (κ3) is 3.02. The van der Waals surface area contributed by atoms with E-state index in [4.69, 9.17) is 4.74 Å². The first-order chi connectivity index (χ1) is 10.1. The number of phenols is 1. The molecule has 108 valence electrons. The molecule has 0 fully saturated rings. The highest BCUT2D eigenvalue weighted by atomic mass is 79.9. The van der Waals surface area contributed by atoms with Crippen LogP contribution < -0.4 is 4.74 Å². The minimum atomic E-state index is -0.839. The van der Waals surface area contributed by atoms with E-state index in [1.807, 2.05) is 24.3 Å². The van der Waals surface area contributed by atoms with Crippen LogP contribution in [-0.2, 0) is 0 Å². The summed E-state index contributed by atoms with van der Waals surface area (Å²) in [4.78, 5) is 4.38. The summed E-state index contributed by atoms with van der Waals surface area (Å²) in [5.41, 5.74) is 0.861.